The van der Waals surface area contributed by atoms with E-state index in [2.05, 4.69) is 41.7 Å². The number of aromatic nitrogens is 2. The predicted molar refractivity (Wildman–Crippen MR) is 102 cm³/mol. The van der Waals surface area contributed by atoms with Crippen molar-refractivity contribution in [1.29, 1.82) is 0 Å². The molecule has 3 rings (SSSR count). The van der Waals surface area contributed by atoms with Gasteiger partial charge in [0.1, 0.15) is 0 Å². The maximum absolute atomic E-state index is 12.7. The van der Waals surface area contributed by atoms with Crippen LogP contribution >= 0.6 is 12.4 Å². The number of piperidine rings is 1. The number of nitrogens with zero attached hydrogens (tertiary/aromatic N) is 2. The van der Waals surface area contributed by atoms with Crippen LogP contribution in [-0.2, 0) is 13.0 Å². The Labute approximate surface area is 155 Å². The molecule has 1 saturated heterocycles. The lowest BCUT2D eigenvalue weighted by atomic mass is 9.99. The van der Waals surface area contributed by atoms with Gasteiger partial charge in [0.2, 0.25) is 0 Å². The summed E-state index contributed by atoms with van der Waals surface area (Å²) in [6.07, 6.45) is 4.62. The fourth-order valence-corrected chi connectivity index (χ4v) is 3.35. The zero-order valence-corrected chi connectivity index (χ0v) is 15.7. The molecule has 2 heterocycles. The molecule has 2 N–H and O–H groups in total. The van der Waals surface area contributed by atoms with E-state index in [0.717, 1.165) is 31.5 Å². The summed E-state index contributed by atoms with van der Waals surface area (Å²) in [6, 6.07) is 10.7. The minimum Gasteiger partial charge on any atom is -0.348 e. The first-order valence-corrected chi connectivity index (χ1v) is 8.82. The third-order valence-electron chi connectivity index (χ3n) is 4.78. The summed E-state index contributed by atoms with van der Waals surface area (Å²) in [4.78, 5) is 12.7. The highest BCUT2D eigenvalue weighted by Gasteiger charge is 2.25. The smallest absolute Gasteiger partial charge is 0.255 e. The highest BCUT2D eigenvalue weighted by Crippen LogP contribution is 2.14. The predicted octanol–water partition coefficient (Wildman–Crippen LogP) is 2.79. The van der Waals surface area contributed by atoms with E-state index in [1.165, 1.54) is 5.56 Å². The Kier molecular flexibility index (Phi) is 7.02. The van der Waals surface area contributed by atoms with Crippen molar-refractivity contribution in [3.63, 3.8) is 0 Å². The van der Waals surface area contributed by atoms with Crippen LogP contribution in [0.3, 0.4) is 0 Å². The average molecular weight is 363 g/mol. The highest BCUT2D eigenvalue weighted by molar-refractivity contribution is 5.95. The molecule has 1 aromatic heterocycles. The summed E-state index contributed by atoms with van der Waals surface area (Å²) in [7, 11) is 0. The van der Waals surface area contributed by atoms with Gasteiger partial charge in [-0.15, -0.1) is 12.4 Å². The molecular formula is C19H27ClN4O. The molecule has 1 aliphatic heterocycles. The fourth-order valence-electron chi connectivity index (χ4n) is 3.35. The van der Waals surface area contributed by atoms with Gasteiger partial charge in [-0.25, -0.2) is 0 Å². The fraction of sp³-hybridized carbons (Fsp3) is 0.474. The molecule has 0 aliphatic carbocycles. The van der Waals surface area contributed by atoms with E-state index in [4.69, 9.17) is 0 Å². The van der Waals surface area contributed by atoms with Crippen molar-refractivity contribution < 1.29 is 4.79 Å². The van der Waals surface area contributed by atoms with Gasteiger partial charge < -0.3 is 10.6 Å². The maximum atomic E-state index is 12.7. The molecule has 2 aromatic rings. The van der Waals surface area contributed by atoms with E-state index in [0.29, 0.717) is 18.2 Å². The Morgan fingerprint density at radius 3 is 2.80 bits per heavy atom. The highest BCUT2D eigenvalue weighted by atomic mass is 35.5. The van der Waals surface area contributed by atoms with Crippen molar-refractivity contribution in [2.24, 2.45) is 0 Å². The standard InChI is InChI=1S/C19H26N4O.ClH/c1-3-18-16(19(24)22-17-10-7-11-20-14(17)2)12-21-23(18)13-15-8-5-4-6-9-15;/h4-6,8-9,12,14,17,20H,3,7,10-11,13H2,1-2H3,(H,22,24);1H. The zero-order chi connectivity index (χ0) is 16.9. The molecular weight excluding hydrogens is 336 g/mol. The van der Waals surface area contributed by atoms with Gasteiger partial charge in [-0.1, -0.05) is 37.3 Å². The van der Waals surface area contributed by atoms with Crippen molar-refractivity contribution in [3.8, 4) is 0 Å². The van der Waals surface area contributed by atoms with Crippen LogP contribution in [0.2, 0.25) is 0 Å². The maximum Gasteiger partial charge on any atom is 0.255 e. The minimum absolute atomic E-state index is 0. The van der Waals surface area contributed by atoms with Crippen molar-refractivity contribution >= 4 is 18.3 Å². The summed E-state index contributed by atoms with van der Waals surface area (Å²) in [5, 5.41) is 11.1. The third-order valence-corrected chi connectivity index (χ3v) is 4.78. The normalized spacial score (nSPS) is 19.9. The number of carbonyl (C=O) groups excluding carboxylic acids is 1. The lowest BCUT2D eigenvalue weighted by molar-refractivity contribution is 0.0918. The van der Waals surface area contributed by atoms with E-state index in [9.17, 15) is 4.79 Å². The largest absolute Gasteiger partial charge is 0.348 e. The lowest BCUT2D eigenvalue weighted by Gasteiger charge is -2.30. The van der Waals surface area contributed by atoms with Crippen LogP contribution in [0.5, 0.6) is 0 Å². The molecule has 1 fully saturated rings. The summed E-state index contributed by atoms with van der Waals surface area (Å²) in [5.74, 6) is -0.00767. The van der Waals surface area contributed by atoms with E-state index < -0.39 is 0 Å². The molecule has 136 valence electrons. The summed E-state index contributed by atoms with van der Waals surface area (Å²) in [5.41, 5.74) is 2.88. The molecule has 2 atom stereocenters. The van der Waals surface area contributed by atoms with E-state index in [1.807, 2.05) is 22.9 Å². The molecule has 0 spiro atoms. The second kappa shape index (κ2) is 9.02. The second-order valence-electron chi connectivity index (χ2n) is 6.47. The first-order valence-electron chi connectivity index (χ1n) is 8.82. The summed E-state index contributed by atoms with van der Waals surface area (Å²) < 4.78 is 1.94. The summed E-state index contributed by atoms with van der Waals surface area (Å²) in [6.45, 7) is 5.92. The van der Waals surface area contributed by atoms with Crippen LogP contribution in [0.15, 0.2) is 36.5 Å². The number of rotatable bonds is 5. The molecule has 6 heteroatoms. The minimum atomic E-state index is -0.00767. The van der Waals surface area contributed by atoms with Gasteiger partial charge >= 0.3 is 0 Å². The van der Waals surface area contributed by atoms with Gasteiger partial charge in [-0.05, 0) is 38.3 Å². The van der Waals surface area contributed by atoms with E-state index in [-0.39, 0.29) is 24.4 Å². The van der Waals surface area contributed by atoms with E-state index >= 15 is 0 Å². The third kappa shape index (κ3) is 4.61. The zero-order valence-electron chi connectivity index (χ0n) is 14.9. The number of halogens is 1. The topological polar surface area (TPSA) is 59.0 Å². The van der Waals surface area contributed by atoms with E-state index in [1.54, 1.807) is 6.20 Å². The van der Waals surface area contributed by atoms with Gasteiger partial charge in [-0.3, -0.25) is 9.48 Å². The van der Waals surface area contributed by atoms with Crippen LogP contribution in [0.25, 0.3) is 0 Å². The van der Waals surface area contributed by atoms with Gasteiger partial charge in [0.05, 0.1) is 24.0 Å². The van der Waals surface area contributed by atoms with Crippen LogP contribution < -0.4 is 10.6 Å². The molecule has 0 saturated carbocycles. The molecule has 25 heavy (non-hydrogen) atoms. The van der Waals surface area contributed by atoms with Crippen LogP contribution in [0.4, 0.5) is 0 Å². The Hall–Kier alpha value is -1.85. The quantitative estimate of drug-likeness (QED) is 0.859. The molecule has 1 aromatic carbocycles. The van der Waals surface area contributed by atoms with Crippen molar-refractivity contribution in [3.05, 3.63) is 53.3 Å². The molecule has 1 amide bonds. The Balaban J connectivity index is 0.00000225. The molecule has 0 bridgehead atoms. The average Bonchev–Trinajstić information content (AvgIpc) is 3.00. The van der Waals surface area contributed by atoms with Crippen molar-refractivity contribution in [2.75, 3.05) is 6.54 Å². The first-order chi connectivity index (χ1) is 11.7. The Morgan fingerprint density at radius 1 is 1.36 bits per heavy atom. The molecule has 0 radical (unpaired) electrons. The van der Waals surface area contributed by atoms with Crippen molar-refractivity contribution in [2.45, 2.75) is 51.7 Å². The van der Waals surface area contributed by atoms with Gasteiger partial charge in [-0.2, -0.15) is 5.10 Å². The molecule has 1 aliphatic rings. The first kappa shape index (κ1) is 19.5. The van der Waals surface area contributed by atoms with Crippen LogP contribution in [0.1, 0.15) is 48.3 Å². The lowest BCUT2D eigenvalue weighted by Crippen LogP contribution is -2.52. The molecule has 5 nitrogen and oxygen atoms in total. The number of hydrogen-bond donors (Lipinski definition) is 2. The van der Waals surface area contributed by atoms with Gasteiger partial charge in [0, 0.05) is 12.1 Å². The van der Waals surface area contributed by atoms with Gasteiger partial charge in [0.15, 0.2) is 0 Å². The monoisotopic (exact) mass is 362 g/mol. The second-order valence-corrected chi connectivity index (χ2v) is 6.47. The molecule has 2 unspecified atom stereocenters. The number of amides is 1. The Bertz CT molecular complexity index is 686. The SMILES string of the molecule is CCc1c(C(=O)NC2CCCNC2C)cnn1Cc1ccccc1.Cl. The van der Waals surface area contributed by atoms with Gasteiger partial charge in [0.25, 0.3) is 5.91 Å². The number of nitrogens with one attached hydrogen (secondary N) is 2. The number of hydrogen-bond acceptors (Lipinski definition) is 3. The van der Waals surface area contributed by atoms with Crippen LogP contribution in [-0.4, -0.2) is 34.3 Å². The number of carbonyl (C=O) groups is 1. The van der Waals surface area contributed by atoms with Crippen LogP contribution in [0, 0.1) is 0 Å². The number of benzene rings is 1. The Morgan fingerprint density at radius 2 is 2.12 bits per heavy atom. The van der Waals surface area contributed by atoms with Crippen molar-refractivity contribution in [1.82, 2.24) is 20.4 Å². The summed E-state index contributed by atoms with van der Waals surface area (Å²) >= 11 is 0.